The van der Waals surface area contributed by atoms with Crippen LogP contribution in [0.2, 0.25) is 18.1 Å². The molecule has 13 nitrogen and oxygen atoms in total. The summed E-state index contributed by atoms with van der Waals surface area (Å²) in [7, 11) is -2.62. The van der Waals surface area contributed by atoms with E-state index in [1.54, 1.807) is 6.08 Å². The van der Waals surface area contributed by atoms with Crippen molar-refractivity contribution < 1.29 is 56.9 Å². The Bertz CT molecular complexity index is 1750. The minimum atomic E-state index is -2.62. The summed E-state index contributed by atoms with van der Waals surface area (Å²) in [4.78, 5) is 85.0. The molecule has 0 spiro atoms. The van der Waals surface area contributed by atoms with Crippen molar-refractivity contribution >= 4 is 50.0 Å². The Balaban J connectivity index is 2.06. The molecule has 4 aliphatic rings. The smallest absolute Gasteiger partial charge is 0.343 e. The number of fused-ring (bicyclic) bond motifs is 1. The normalized spacial score (nSPS) is 28.0. The molecule has 2 heterocycles. The Morgan fingerprint density at radius 1 is 1.02 bits per heavy atom. The predicted octanol–water partition coefficient (Wildman–Crippen LogP) is 6.83. The summed E-state index contributed by atoms with van der Waals surface area (Å²) in [5, 5.41) is -0.278. The Kier molecular flexibility index (Phi) is 13.8. The van der Waals surface area contributed by atoms with Crippen LogP contribution in [0.25, 0.3) is 5.53 Å². The molecule has 0 amide bonds. The van der Waals surface area contributed by atoms with Gasteiger partial charge in [-0.05, 0) is 75.9 Å². The summed E-state index contributed by atoms with van der Waals surface area (Å²) in [6.45, 7) is 16.4. The molecule has 3 unspecified atom stereocenters. The molecule has 2 aliphatic carbocycles. The number of nitrogens with zero attached hydrogens (tertiary/aromatic N) is 2. The second kappa shape index (κ2) is 17.4. The first-order valence-corrected chi connectivity index (χ1v) is 22.1. The average Bonchev–Trinajstić information content (AvgIpc) is 3.47. The number of rotatable bonds is 18. The molecule has 1 fully saturated rings. The third-order valence-corrected chi connectivity index (χ3v) is 16.2. The van der Waals surface area contributed by atoms with Crippen molar-refractivity contribution in [3.63, 3.8) is 0 Å². The fourth-order valence-corrected chi connectivity index (χ4v) is 9.51. The van der Waals surface area contributed by atoms with Gasteiger partial charge >= 0.3 is 30.1 Å². The second-order valence-corrected chi connectivity index (χ2v) is 21.2. The molecular weight excluding hydrogens is 725 g/mol. The topological polar surface area (TPSA) is 185 Å². The minimum Gasteiger partial charge on any atom is -0.434 e. The molecule has 55 heavy (non-hydrogen) atoms. The first kappa shape index (κ1) is 43.6. The van der Waals surface area contributed by atoms with E-state index in [2.05, 4.69) is 31.6 Å². The summed E-state index contributed by atoms with van der Waals surface area (Å²) in [6, 6.07) is 0. The van der Waals surface area contributed by atoms with E-state index in [0.717, 1.165) is 33.1 Å². The van der Waals surface area contributed by atoms with Gasteiger partial charge in [0.2, 0.25) is 12.1 Å². The number of ether oxygens (including phenoxy) is 4. The zero-order valence-corrected chi connectivity index (χ0v) is 34.6. The fraction of sp³-hybridized carbons (Fsp3) is 0.634. The Morgan fingerprint density at radius 2 is 1.69 bits per heavy atom. The average molecular weight is 781 g/mol. The molecule has 0 aromatic rings. The van der Waals surface area contributed by atoms with Gasteiger partial charge in [-0.3, -0.25) is 23.9 Å². The quantitative estimate of drug-likeness (QED) is 0.0164. The standard InChI is InChI=1S/C41H56N2O11Si/c1-10-12-14-15-16-18-19-27-21-32-40(33(47)24-43-42)23-29-34(37(49)51-36(29)48)35(41(32,52-26(4)45)53-38(40)50-25(3)44)28(27)22-31(30(46)20-17-13-11-2)54-55(8,9)39(5,6)7/h10-13,21,24,27-28,31,35,38H,14-20,22-23H2,1-9H3/b12-10+,13-11+/t27-,28+,31-,35?,38?,40+,41?/m1/s1. The van der Waals surface area contributed by atoms with Gasteiger partial charge in [-0.2, -0.15) is 4.79 Å². The van der Waals surface area contributed by atoms with Crippen molar-refractivity contribution in [3.05, 3.63) is 52.6 Å². The van der Waals surface area contributed by atoms with Crippen LogP contribution in [0.1, 0.15) is 106 Å². The van der Waals surface area contributed by atoms with Gasteiger partial charge < -0.3 is 24.2 Å². The predicted molar refractivity (Wildman–Crippen MR) is 203 cm³/mol. The largest absolute Gasteiger partial charge is 0.434 e. The highest BCUT2D eigenvalue weighted by Crippen LogP contribution is 2.66. The molecule has 0 N–H and O–H groups in total. The van der Waals surface area contributed by atoms with E-state index in [1.165, 1.54) is 0 Å². The lowest BCUT2D eigenvalue weighted by molar-refractivity contribution is -0.278. The van der Waals surface area contributed by atoms with E-state index in [4.69, 9.17) is 23.4 Å². The number of unbranched alkanes of at least 4 members (excludes halogenated alkanes) is 3. The van der Waals surface area contributed by atoms with Gasteiger partial charge in [0, 0.05) is 32.3 Å². The zero-order valence-electron chi connectivity index (χ0n) is 33.6. The molecular formula is C41H56N2O11Si. The number of esters is 4. The van der Waals surface area contributed by atoms with Crippen LogP contribution in [0.5, 0.6) is 0 Å². The van der Waals surface area contributed by atoms with Gasteiger partial charge in [-0.25, -0.2) is 9.59 Å². The summed E-state index contributed by atoms with van der Waals surface area (Å²) < 4.78 is 30.5. The van der Waals surface area contributed by atoms with Crippen LogP contribution in [0.15, 0.2) is 47.1 Å². The molecule has 300 valence electrons. The number of cyclic esters (lactones) is 2. The number of hydrogen-bond donors (Lipinski definition) is 0. The maximum Gasteiger partial charge on any atom is 0.343 e. The Hall–Kier alpha value is -4.10. The summed E-state index contributed by atoms with van der Waals surface area (Å²) in [5.74, 6) is -9.58. The highest BCUT2D eigenvalue weighted by molar-refractivity contribution is 6.74. The van der Waals surface area contributed by atoms with Crippen molar-refractivity contribution in [2.45, 2.75) is 143 Å². The summed E-state index contributed by atoms with van der Waals surface area (Å²) >= 11 is 0. The Morgan fingerprint density at radius 3 is 2.29 bits per heavy atom. The Labute approximate surface area is 324 Å². The van der Waals surface area contributed by atoms with Crippen molar-refractivity contribution in [3.8, 4) is 0 Å². The van der Waals surface area contributed by atoms with Gasteiger partial charge in [0.25, 0.3) is 5.78 Å². The summed E-state index contributed by atoms with van der Waals surface area (Å²) in [5.41, 5.74) is 7.28. The minimum absolute atomic E-state index is 0.0424. The molecule has 4 rings (SSSR count). The monoisotopic (exact) mass is 780 g/mol. The number of ketones is 2. The summed E-state index contributed by atoms with van der Waals surface area (Å²) in [6.07, 6.45) is 11.5. The lowest BCUT2D eigenvalue weighted by Crippen LogP contribution is -2.55. The molecule has 2 aliphatic heterocycles. The maximum absolute atomic E-state index is 14.3. The van der Waals surface area contributed by atoms with Crippen LogP contribution >= 0.6 is 0 Å². The van der Waals surface area contributed by atoms with E-state index in [0.29, 0.717) is 25.5 Å². The second-order valence-electron chi connectivity index (χ2n) is 16.4. The van der Waals surface area contributed by atoms with Crippen LogP contribution in [-0.2, 0) is 52.1 Å². The lowest BCUT2D eigenvalue weighted by atomic mass is 9.60. The van der Waals surface area contributed by atoms with Gasteiger partial charge in [0.15, 0.2) is 14.1 Å². The van der Waals surface area contributed by atoms with Crippen LogP contribution in [0.4, 0.5) is 0 Å². The van der Waals surface area contributed by atoms with Gasteiger partial charge in [-0.1, -0.05) is 64.0 Å². The molecule has 7 atom stereocenters. The van der Waals surface area contributed by atoms with Crippen LogP contribution in [0, 0.1) is 23.2 Å². The van der Waals surface area contributed by atoms with E-state index in [-0.39, 0.29) is 40.4 Å². The van der Waals surface area contributed by atoms with E-state index in [1.807, 2.05) is 45.2 Å². The number of carbonyl (C=O) groups is 6. The number of carbonyl (C=O) groups excluding carboxylic acids is 6. The molecule has 0 saturated carbocycles. The highest BCUT2D eigenvalue weighted by Gasteiger charge is 2.76. The fourth-order valence-electron chi connectivity index (χ4n) is 8.22. The van der Waals surface area contributed by atoms with Crippen LogP contribution in [-0.4, -0.2) is 72.9 Å². The first-order chi connectivity index (χ1) is 25.8. The van der Waals surface area contributed by atoms with E-state index >= 15 is 0 Å². The van der Waals surface area contributed by atoms with E-state index in [9.17, 15) is 34.3 Å². The number of Topliss-reactive ketones (excluding diaryl/α,β-unsaturated/α-hetero) is 2. The number of hydrogen-bond acceptors (Lipinski definition) is 11. The lowest BCUT2D eigenvalue weighted by Gasteiger charge is -2.48. The van der Waals surface area contributed by atoms with Crippen LogP contribution in [0.3, 0.4) is 0 Å². The molecule has 1 saturated heterocycles. The van der Waals surface area contributed by atoms with Crippen molar-refractivity contribution in [2.75, 3.05) is 0 Å². The molecule has 0 aromatic carbocycles. The highest BCUT2D eigenvalue weighted by atomic mass is 28.4. The molecule has 14 heteroatoms. The van der Waals surface area contributed by atoms with Crippen molar-refractivity contribution in [2.24, 2.45) is 23.2 Å². The van der Waals surface area contributed by atoms with Gasteiger partial charge in [0.1, 0.15) is 11.5 Å². The first-order valence-electron chi connectivity index (χ1n) is 19.2. The molecule has 4 bridgehead atoms. The van der Waals surface area contributed by atoms with E-state index < -0.39 is 85.7 Å². The van der Waals surface area contributed by atoms with Gasteiger partial charge in [0.05, 0.1) is 17.1 Å². The third-order valence-electron chi connectivity index (χ3n) is 11.8. The maximum atomic E-state index is 14.3. The van der Waals surface area contributed by atoms with Gasteiger partial charge in [-0.15, -0.1) is 0 Å². The molecule has 0 aromatic heterocycles. The zero-order chi connectivity index (χ0) is 40.9. The molecule has 0 radical (unpaired) electrons. The van der Waals surface area contributed by atoms with Crippen LogP contribution < -0.4 is 0 Å². The third kappa shape index (κ3) is 8.67. The van der Waals surface area contributed by atoms with Crippen molar-refractivity contribution in [1.29, 1.82) is 0 Å². The number of allylic oxidation sites excluding steroid dienone is 5. The SMILES string of the molecule is C/C=C/CCCCC[C@@H]1C=C2C3(OC(C)=O)OC(OC(C)=O)[C@@]2(C(=O)C=[N+]=[N-])CC2=C(C(=O)OC2=O)C3[C@H]1C[C@@H](O[Si](C)(C)C(C)(C)C)C(=O)CC/C=C/C. The van der Waals surface area contributed by atoms with Crippen molar-refractivity contribution in [1.82, 2.24) is 0 Å².